The smallest absolute Gasteiger partial charge is 0.354 e. The van der Waals surface area contributed by atoms with Crippen LogP contribution in [-0.4, -0.2) is 30.2 Å². The van der Waals surface area contributed by atoms with E-state index in [1.165, 1.54) is 23.6 Å². The highest BCUT2D eigenvalue weighted by molar-refractivity contribution is 5.69. The SMILES string of the molecule is [2H]C([2H])([2H])c1ccc(Cn2c(Nc3ccc(Oc4ccccn4)cc3)nc(=O)n(C[C@H](C)C(=O)O)c2=O)cc1. The van der Waals surface area contributed by atoms with E-state index in [1.54, 1.807) is 60.8 Å². The van der Waals surface area contributed by atoms with Gasteiger partial charge in [-0.2, -0.15) is 4.98 Å². The molecule has 2 aromatic heterocycles. The van der Waals surface area contributed by atoms with Crippen molar-refractivity contribution >= 4 is 17.6 Å². The number of aryl methyl sites for hydroxylation is 1. The summed E-state index contributed by atoms with van der Waals surface area (Å²) in [6.07, 6.45) is 1.60. The van der Waals surface area contributed by atoms with E-state index in [0.29, 0.717) is 22.9 Å². The molecule has 184 valence electrons. The fourth-order valence-corrected chi connectivity index (χ4v) is 3.33. The largest absolute Gasteiger partial charge is 0.481 e. The molecule has 4 aromatic rings. The van der Waals surface area contributed by atoms with E-state index in [0.717, 1.165) is 4.57 Å². The van der Waals surface area contributed by atoms with E-state index in [9.17, 15) is 19.5 Å². The van der Waals surface area contributed by atoms with Crippen LogP contribution in [0.25, 0.3) is 0 Å². The van der Waals surface area contributed by atoms with E-state index >= 15 is 0 Å². The average Bonchev–Trinajstić information content (AvgIpc) is 2.90. The maximum atomic E-state index is 13.4. The molecule has 1 atom stereocenters. The molecule has 0 saturated carbocycles. The lowest BCUT2D eigenvalue weighted by Gasteiger charge is -2.17. The fourth-order valence-electron chi connectivity index (χ4n) is 3.33. The molecule has 0 saturated heterocycles. The number of rotatable bonds is 9. The number of carbonyl (C=O) groups is 1. The molecule has 0 amide bonds. The Bertz CT molecular complexity index is 1570. The first-order valence-electron chi connectivity index (χ1n) is 12.5. The Morgan fingerprint density at radius 2 is 1.83 bits per heavy atom. The average molecular weight is 491 g/mol. The molecule has 4 rings (SSSR count). The van der Waals surface area contributed by atoms with Crippen molar-refractivity contribution < 1.29 is 18.8 Å². The first-order chi connectivity index (χ1) is 18.5. The molecule has 0 fully saturated rings. The summed E-state index contributed by atoms with van der Waals surface area (Å²) in [4.78, 5) is 45.6. The van der Waals surface area contributed by atoms with Crippen LogP contribution < -0.4 is 21.4 Å². The minimum absolute atomic E-state index is 0.0575. The molecule has 0 bridgehead atoms. The van der Waals surface area contributed by atoms with Crippen molar-refractivity contribution in [2.75, 3.05) is 5.32 Å². The zero-order chi connectivity index (χ0) is 28.2. The molecule has 0 unspecified atom stereocenters. The van der Waals surface area contributed by atoms with Gasteiger partial charge >= 0.3 is 17.3 Å². The summed E-state index contributed by atoms with van der Waals surface area (Å²) in [5.41, 5.74) is -0.452. The second-order valence-electron chi connectivity index (χ2n) is 8.05. The van der Waals surface area contributed by atoms with Gasteiger partial charge in [0.15, 0.2) is 0 Å². The highest BCUT2D eigenvalue weighted by Gasteiger charge is 2.19. The first-order valence-corrected chi connectivity index (χ1v) is 11.0. The number of nitrogens with zero attached hydrogens (tertiary/aromatic N) is 4. The highest BCUT2D eigenvalue weighted by atomic mass is 16.5. The van der Waals surface area contributed by atoms with Crippen molar-refractivity contribution in [1.29, 1.82) is 0 Å². The number of benzene rings is 2. The number of nitrogens with one attached hydrogen (secondary N) is 1. The number of carboxylic acid groups (broad SMARTS) is 1. The summed E-state index contributed by atoms with van der Waals surface area (Å²) in [6, 6.07) is 18.0. The summed E-state index contributed by atoms with van der Waals surface area (Å²) in [5, 5.41) is 12.2. The van der Waals surface area contributed by atoms with E-state index in [1.807, 2.05) is 0 Å². The normalized spacial score (nSPS) is 13.2. The standard InChI is InChI=1S/C26H25N5O5/c1-17-6-8-19(9-7-17)16-30-24(29-25(34)31(26(30)35)15-18(2)23(32)33)28-20-10-12-21(13-11-20)36-22-5-3-4-14-27-22/h3-14,18H,15-16H2,1-2H3,(H,32,33)(H,28,29,34)/t18-/m0/s1/i1D3. The number of pyridine rings is 1. The minimum Gasteiger partial charge on any atom is -0.481 e. The molecule has 0 spiro atoms. The Kier molecular flexibility index (Phi) is 6.12. The van der Waals surface area contributed by atoms with Crippen molar-refractivity contribution in [2.45, 2.75) is 26.9 Å². The summed E-state index contributed by atoms with van der Waals surface area (Å²) >= 11 is 0. The van der Waals surface area contributed by atoms with Crippen LogP contribution in [0.2, 0.25) is 0 Å². The van der Waals surface area contributed by atoms with Gasteiger partial charge in [0.05, 0.1) is 12.5 Å². The van der Waals surface area contributed by atoms with Crippen molar-refractivity contribution in [3.63, 3.8) is 0 Å². The summed E-state index contributed by atoms with van der Waals surface area (Å²) < 4.78 is 30.3. The van der Waals surface area contributed by atoms with E-state index < -0.39 is 30.1 Å². The topological polar surface area (TPSA) is 128 Å². The lowest BCUT2D eigenvalue weighted by molar-refractivity contribution is -0.141. The minimum atomic E-state index is -2.28. The third-order valence-corrected chi connectivity index (χ3v) is 5.29. The molecule has 0 aliphatic carbocycles. The summed E-state index contributed by atoms with van der Waals surface area (Å²) in [7, 11) is 0. The van der Waals surface area contributed by atoms with Gasteiger partial charge < -0.3 is 15.2 Å². The second kappa shape index (κ2) is 10.7. The van der Waals surface area contributed by atoms with Gasteiger partial charge in [0.25, 0.3) is 0 Å². The predicted octanol–water partition coefficient (Wildman–Crippen LogP) is 3.41. The Labute approximate surface area is 210 Å². The number of carboxylic acids is 1. The van der Waals surface area contributed by atoms with Crippen LogP contribution in [-0.2, 0) is 17.9 Å². The molecule has 10 heteroatoms. The van der Waals surface area contributed by atoms with E-state index in [4.69, 9.17) is 8.85 Å². The van der Waals surface area contributed by atoms with Crippen molar-refractivity contribution in [1.82, 2.24) is 19.1 Å². The number of aromatic nitrogens is 4. The zero-order valence-electron chi connectivity index (χ0n) is 22.3. The fraction of sp³-hybridized carbons (Fsp3) is 0.192. The molecule has 0 aliphatic rings. The quantitative estimate of drug-likeness (QED) is 0.365. The number of hydrogen-bond acceptors (Lipinski definition) is 7. The predicted molar refractivity (Wildman–Crippen MR) is 134 cm³/mol. The van der Waals surface area contributed by atoms with Gasteiger partial charge in [-0.1, -0.05) is 42.8 Å². The third-order valence-electron chi connectivity index (χ3n) is 5.29. The lowest BCUT2D eigenvalue weighted by Crippen LogP contribution is -2.44. The molecular formula is C26H25N5O5. The Hall–Kier alpha value is -4.73. The molecule has 2 N–H and O–H groups in total. The molecule has 0 aliphatic heterocycles. The van der Waals surface area contributed by atoms with Crippen LogP contribution in [0.4, 0.5) is 11.6 Å². The summed E-state index contributed by atoms with van der Waals surface area (Å²) in [5.74, 6) is -1.31. The Balaban J connectivity index is 1.67. The van der Waals surface area contributed by atoms with Crippen LogP contribution in [0.3, 0.4) is 0 Å². The maximum Gasteiger partial charge on any atom is 0.354 e. The zero-order valence-corrected chi connectivity index (χ0v) is 19.3. The van der Waals surface area contributed by atoms with Gasteiger partial charge in [-0.25, -0.2) is 19.1 Å². The molecule has 10 nitrogen and oxygen atoms in total. The molecular weight excluding hydrogens is 462 g/mol. The summed E-state index contributed by atoms with van der Waals surface area (Å²) in [6.45, 7) is -1.32. The molecule has 0 radical (unpaired) electrons. The van der Waals surface area contributed by atoms with Crippen molar-refractivity contribution in [2.24, 2.45) is 5.92 Å². The van der Waals surface area contributed by atoms with Gasteiger partial charge in [0, 0.05) is 28.6 Å². The van der Waals surface area contributed by atoms with Gasteiger partial charge in [-0.15, -0.1) is 0 Å². The van der Waals surface area contributed by atoms with Crippen LogP contribution in [0.5, 0.6) is 11.6 Å². The number of hydrogen-bond donors (Lipinski definition) is 2. The van der Waals surface area contributed by atoms with Crippen LogP contribution in [0, 0.1) is 12.8 Å². The number of aliphatic carboxylic acids is 1. The maximum absolute atomic E-state index is 13.4. The van der Waals surface area contributed by atoms with Crippen LogP contribution >= 0.6 is 0 Å². The lowest BCUT2D eigenvalue weighted by atomic mass is 10.1. The third kappa shape index (κ3) is 5.84. The highest BCUT2D eigenvalue weighted by Crippen LogP contribution is 2.22. The first kappa shape index (κ1) is 20.6. The van der Waals surface area contributed by atoms with Crippen molar-refractivity contribution in [3.05, 3.63) is 105 Å². The second-order valence-corrected chi connectivity index (χ2v) is 8.05. The number of ether oxygens (including phenoxy) is 1. The van der Waals surface area contributed by atoms with Crippen LogP contribution in [0.15, 0.2) is 82.5 Å². The van der Waals surface area contributed by atoms with Gasteiger partial charge in [-0.3, -0.25) is 9.36 Å². The van der Waals surface area contributed by atoms with Gasteiger partial charge in [0.1, 0.15) is 5.75 Å². The van der Waals surface area contributed by atoms with Crippen molar-refractivity contribution in [3.8, 4) is 11.6 Å². The van der Waals surface area contributed by atoms with E-state index in [-0.39, 0.29) is 24.6 Å². The van der Waals surface area contributed by atoms with Gasteiger partial charge in [0.2, 0.25) is 11.8 Å². The van der Waals surface area contributed by atoms with Crippen LogP contribution in [0.1, 0.15) is 22.2 Å². The Morgan fingerprint density at radius 3 is 2.47 bits per heavy atom. The van der Waals surface area contributed by atoms with Gasteiger partial charge in [-0.05, 0) is 42.7 Å². The molecule has 36 heavy (non-hydrogen) atoms. The number of anilines is 2. The molecule has 2 heterocycles. The molecule has 2 aromatic carbocycles. The Morgan fingerprint density at radius 1 is 1.08 bits per heavy atom. The monoisotopic (exact) mass is 490 g/mol. The van der Waals surface area contributed by atoms with E-state index in [2.05, 4.69) is 15.3 Å².